The van der Waals surface area contributed by atoms with Crippen LogP contribution in [0.15, 0.2) is 28.8 Å². The number of hydrogen-bond acceptors (Lipinski definition) is 6. The number of nitrogens with one attached hydrogen (secondary N) is 1. The number of rotatable bonds is 5. The molecule has 1 aliphatic carbocycles. The highest BCUT2D eigenvalue weighted by Gasteiger charge is 2.29. The Hall–Kier alpha value is -2.25. The molecule has 0 bridgehead atoms. The molecule has 2 fully saturated rings. The number of carbonyl (C=O) groups is 1. The predicted molar refractivity (Wildman–Crippen MR) is 95.8 cm³/mol. The standard InChI is InChI=1S/C19H24N4O3/c1-23-8-9-25-12-13(11-23)10-20-18(24)15-4-2-14(3-5-15)17-21-19(26-22-17)16-6-7-16/h2-5,13,16H,6-12H2,1H3,(H,20,24). The number of aromatic nitrogens is 2. The molecule has 1 aromatic carbocycles. The van der Waals surface area contributed by atoms with Gasteiger partial charge in [0.1, 0.15) is 0 Å². The van der Waals surface area contributed by atoms with Crippen molar-refractivity contribution in [2.45, 2.75) is 18.8 Å². The maximum absolute atomic E-state index is 12.4. The number of nitrogens with zero attached hydrogens (tertiary/aromatic N) is 3. The minimum atomic E-state index is -0.0739. The van der Waals surface area contributed by atoms with Crippen LogP contribution in [0.25, 0.3) is 11.4 Å². The summed E-state index contributed by atoms with van der Waals surface area (Å²) >= 11 is 0. The lowest BCUT2D eigenvalue weighted by molar-refractivity contribution is 0.0921. The van der Waals surface area contributed by atoms with Gasteiger partial charge < -0.3 is 19.5 Å². The molecule has 7 heteroatoms. The molecule has 1 N–H and O–H groups in total. The molecule has 26 heavy (non-hydrogen) atoms. The van der Waals surface area contributed by atoms with E-state index in [-0.39, 0.29) is 5.91 Å². The van der Waals surface area contributed by atoms with E-state index in [1.165, 1.54) is 0 Å². The highest BCUT2D eigenvalue weighted by molar-refractivity contribution is 5.94. The van der Waals surface area contributed by atoms with Crippen molar-refractivity contribution in [3.63, 3.8) is 0 Å². The lowest BCUT2D eigenvalue weighted by Crippen LogP contribution is -2.35. The summed E-state index contributed by atoms with van der Waals surface area (Å²) in [4.78, 5) is 19.1. The Labute approximate surface area is 152 Å². The van der Waals surface area contributed by atoms with E-state index >= 15 is 0 Å². The maximum atomic E-state index is 12.4. The molecule has 7 nitrogen and oxygen atoms in total. The Morgan fingerprint density at radius 2 is 2.12 bits per heavy atom. The van der Waals surface area contributed by atoms with Crippen molar-refractivity contribution < 1.29 is 14.1 Å². The summed E-state index contributed by atoms with van der Waals surface area (Å²) < 4.78 is 10.9. The van der Waals surface area contributed by atoms with E-state index in [2.05, 4.69) is 27.4 Å². The largest absolute Gasteiger partial charge is 0.380 e. The minimum Gasteiger partial charge on any atom is -0.380 e. The van der Waals surface area contributed by atoms with Gasteiger partial charge in [-0.15, -0.1) is 0 Å². The predicted octanol–water partition coefficient (Wildman–Crippen LogP) is 1.92. The molecule has 2 heterocycles. The van der Waals surface area contributed by atoms with E-state index in [9.17, 15) is 4.79 Å². The molecule has 1 aromatic heterocycles. The fourth-order valence-corrected chi connectivity index (χ4v) is 3.14. The molecule has 1 aliphatic heterocycles. The van der Waals surface area contributed by atoms with Gasteiger partial charge in [-0.1, -0.05) is 17.3 Å². The van der Waals surface area contributed by atoms with Gasteiger partial charge >= 0.3 is 0 Å². The van der Waals surface area contributed by atoms with Crippen LogP contribution in [0.1, 0.15) is 35.0 Å². The van der Waals surface area contributed by atoms with Crippen LogP contribution in [-0.2, 0) is 4.74 Å². The highest BCUT2D eigenvalue weighted by atomic mass is 16.5. The Morgan fingerprint density at radius 3 is 2.88 bits per heavy atom. The number of ether oxygens (including phenoxy) is 1. The van der Waals surface area contributed by atoms with Gasteiger partial charge in [-0.2, -0.15) is 4.98 Å². The second-order valence-corrected chi connectivity index (χ2v) is 7.22. The minimum absolute atomic E-state index is 0.0739. The molecule has 1 unspecified atom stereocenters. The number of likely N-dealkylation sites (N-methyl/N-ethyl adjacent to an activating group) is 1. The number of amides is 1. The fourth-order valence-electron chi connectivity index (χ4n) is 3.14. The summed E-state index contributed by atoms with van der Waals surface area (Å²) in [7, 11) is 2.08. The van der Waals surface area contributed by atoms with E-state index in [4.69, 9.17) is 9.26 Å². The first kappa shape index (κ1) is 17.2. The average Bonchev–Trinajstić information content (AvgIpc) is 3.43. The van der Waals surface area contributed by atoms with Gasteiger partial charge in [0.15, 0.2) is 0 Å². The number of hydrogen-bond donors (Lipinski definition) is 1. The van der Waals surface area contributed by atoms with Crippen LogP contribution in [-0.4, -0.2) is 60.8 Å². The first-order valence-corrected chi connectivity index (χ1v) is 9.17. The van der Waals surface area contributed by atoms with Crippen molar-refractivity contribution in [2.75, 3.05) is 39.9 Å². The fraction of sp³-hybridized carbons (Fsp3) is 0.526. The van der Waals surface area contributed by atoms with Crippen LogP contribution in [0.5, 0.6) is 0 Å². The zero-order valence-electron chi connectivity index (χ0n) is 15.0. The van der Waals surface area contributed by atoms with E-state index < -0.39 is 0 Å². The van der Waals surface area contributed by atoms with Crippen LogP contribution in [0.4, 0.5) is 0 Å². The van der Waals surface area contributed by atoms with Crippen molar-refractivity contribution in [1.82, 2.24) is 20.4 Å². The van der Waals surface area contributed by atoms with Gasteiger partial charge in [0, 0.05) is 42.6 Å². The molecule has 2 aliphatic rings. The first-order chi connectivity index (χ1) is 12.7. The second-order valence-electron chi connectivity index (χ2n) is 7.22. The lowest BCUT2D eigenvalue weighted by Gasteiger charge is -2.19. The van der Waals surface area contributed by atoms with Crippen LogP contribution in [0.2, 0.25) is 0 Å². The van der Waals surface area contributed by atoms with Crippen molar-refractivity contribution in [2.24, 2.45) is 5.92 Å². The van der Waals surface area contributed by atoms with Crippen LogP contribution in [0.3, 0.4) is 0 Å². The molecule has 1 saturated carbocycles. The molecule has 0 radical (unpaired) electrons. The van der Waals surface area contributed by atoms with Crippen LogP contribution in [0, 0.1) is 5.92 Å². The summed E-state index contributed by atoms with van der Waals surface area (Å²) in [6.07, 6.45) is 2.26. The van der Waals surface area contributed by atoms with E-state index in [0.717, 1.165) is 44.0 Å². The smallest absolute Gasteiger partial charge is 0.251 e. The third-order valence-corrected chi connectivity index (χ3v) is 4.87. The van der Waals surface area contributed by atoms with Gasteiger partial charge in [-0.05, 0) is 32.0 Å². The highest BCUT2D eigenvalue weighted by Crippen LogP contribution is 2.39. The number of benzene rings is 1. The van der Waals surface area contributed by atoms with Crippen molar-refractivity contribution in [1.29, 1.82) is 0 Å². The van der Waals surface area contributed by atoms with E-state index in [1.807, 2.05) is 12.1 Å². The molecule has 1 atom stereocenters. The Morgan fingerprint density at radius 1 is 1.31 bits per heavy atom. The molecule has 138 valence electrons. The molecule has 0 spiro atoms. The first-order valence-electron chi connectivity index (χ1n) is 9.17. The lowest BCUT2D eigenvalue weighted by atomic mass is 10.1. The van der Waals surface area contributed by atoms with Crippen molar-refractivity contribution in [3.8, 4) is 11.4 Å². The van der Waals surface area contributed by atoms with Gasteiger partial charge in [-0.25, -0.2) is 0 Å². The van der Waals surface area contributed by atoms with Gasteiger partial charge in [0.2, 0.25) is 11.7 Å². The normalized spacial score (nSPS) is 21.3. The van der Waals surface area contributed by atoms with E-state index in [0.29, 0.717) is 36.4 Å². The van der Waals surface area contributed by atoms with Gasteiger partial charge in [-0.3, -0.25) is 4.79 Å². The monoisotopic (exact) mass is 356 g/mol. The molecule has 2 aromatic rings. The van der Waals surface area contributed by atoms with Gasteiger partial charge in [0.05, 0.1) is 13.2 Å². The number of carbonyl (C=O) groups excluding carboxylic acids is 1. The third kappa shape index (κ3) is 4.11. The summed E-state index contributed by atoms with van der Waals surface area (Å²) in [6.45, 7) is 3.91. The van der Waals surface area contributed by atoms with Gasteiger partial charge in [0.25, 0.3) is 5.91 Å². The molecular weight excluding hydrogens is 332 g/mol. The zero-order valence-corrected chi connectivity index (χ0v) is 15.0. The maximum Gasteiger partial charge on any atom is 0.251 e. The zero-order chi connectivity index (χ0) is 17.9. The Kier molecular flexibility index (Phi) is 4.99. The molecular formula is C19H24N4O3. The average molecular weight is 356 g/mol. The Balaban J connectivity index is 1.34. The Bertz CT molecular complexity index is 754. The molecule has 1 saturated heterocycles. The van der Waals surface area contributed by atoms with Crippen LogP contribution >= 0.6 is 0 Å². The summed E-state index contributed by atoms with van der Waals surface area (Å²) in [5.41, 5.74) is 1.48. The third-order valence-electron chi connectivity index (χ3n) is 4.87. The van der Waals surface area contributed by atoms with E-state index in [1.54, 1.807) is 12.1 Å². The second kappa shape index (κ2) is 7.55. The van der Waals surface area contributed by atoms with Crippen molar-refractivity contribution >= 4 is 5.91 Å². The van der Waals surface area contributed by atoms with Crippen LogP contribution < -0.4 is 5.32 Å². The van der Waals surface area contributed by atoms with Crippen molar-refractivity contribution in [3.05, 3.63) is 35.7 Å². The summed E-state index contributed by atoms with van der Waals surface area (Å²) in [6, 6.07) is 7.32. The summed E-state index contributed by atoms with van der Waals surface area (Å²) in [5.74, 6) is 1.98. The topological polar surface area (TPSA) is 80.5 Å². The summed E-state index contributed by atoms with van der Waals surface area (Å²) in [5, 5.41) is 7.04. The quantitative estimate of drug-likeness (QED) is 0.882. The molecule has 1 amide bonds. The SMILES string of the molecule is CN1CCOCC(CNC(=O)c2ccc(-c3noc(C4CC4)n3)cc2)C1. The molecule has 4 rings (SSSR count).